The topological polar surface area (TPSA) is 38.7 Å². The van der Waals surface area contributed by atoms with E-state index in [9.17, 15) is 49.0 Å². The van der Waals surface area contributed by atoms with Crippen molar-refractivity contribution in [3.05, 3.63) is 58.7 Å². The van der Waals surface area contributed by atoms with Gasteiger partial charge in [0.25, 0.3) is 0 Å². The summed E-state index contributed by atoms with van der Waals surface area (Å²) >= 11 is 5.20. The molecule has 2 aromatic rings. The summed E-state index contributed by atoms with van der Waals surface area (Å²) in [6, 6.07) is 2.42. The minimum absolute atomic E-state index is 0.224. The minimum Gasteiger partial charge on any atom is -0.497 e. The third kappa shape index (κ3) is 5.98. The van der Waals surface area contributed by atoms with E-state index in [0.717, 1.165) is 14.2 Å². The van der Waals surface area contributed by atoms with Crippen LogP contribution in [-0.2, 0) is 10.5 Å². The molecular formula is C20H17ClF10O3. The average Bonchev–Trinajstić information content (AvgIpc) is 2.64. The molecule has 14 heteroatoms. The molecule has 0 aliphatic rings. The van der Waals surface area contributed by atoms with Crippen LogP contribution in [0.1, 0.15) is 25.0 Å². The maximum atomic E-state index is 13.4. The molecule has 2 atom stereocenters. The SMILES string of the molecule is COc1cc(F)c(C(C)(Cl)C(F)(F)F)c(F)c1.COc1cc(F)c(C(C)(O)C(F)(F)F)c(F)c1. The highest BCUT2D eigenvalue weighted by Gasteiger charge is 2.55. The van der Waals surface area contributed by atoms with E-state index in [4.69, 9.17) is 11.6 Å². The van der Waals surface area contributed by atoms with E-state index in [-0.39, 0.29) is 18.4 Å². The molecular weight excluding hydrogens is 514 g/mol. The molecule has 0 aliphatic heterocycles. The average molecular weight is 531 g/mol. The van der Waals surface area contributed by atoms with Crippen LogP contribution in [0.25, 0.3) is 0 Å². The summed E-state index contributed by atoms with van der Waals surface area (Å²) in [5.41, 5.74) is -6.30. The van der Waals surface area contributed by atoms with Gasteiger partial charge in [0.05, 0.1) is 25.3 Å². The van der Waals surface area contributed by atoms with Crippen molar-refractivity contribution in [3.63, 3.8) is 0 Å². The smallest absolute Gasteiger partial charge is 0.421 e. The second-order valence-electron chi connectivity index (χ2n) is 7.00. The van der Waals surface area contributed by atoms with Crippen molar-refractivity contribution in [2.24, 2.45) is 0 Å². The fraction of sp³-hybridized carbons (Fsp3) is 0.400. The van der Waals surface area contributed by atoms with Crippen LogP contribution >= 0.6 is 11.6 Å². The maximum Gasteiger partial charge on any atom is 0.421 e. The first-order valence-electron chi connectivity index (χ1n) is 8.84. The van der Waals surface area contributed by atoms with E-state index < -0.39 is 57.2 Å². The van der Waals surface area contributed by atoms with Crippen molar-refractivity contribution in [3.8, 4) is 11.5 Å². The first kappa shape index (κ1) is 29.6. The lowest BCUT2D eigenvalue weighted by atomic mass is 9.94. The first-order chi connectivity index (χ1) is 15.2. The number of halogens is 11. The summed E-state index contributed by atoms with van der Waals surface area (Å²) in [4.78, 5) is -3.13. The number of hydrogen-bond acceptors (Lipinski definition) is 3. The number of benzene rings is 2. The predicted molar refractivity (Wildman–Crippen MR) is 101 cm³/mol. The van der Waals surface area contributed by atoms with E-state index in [1.807, 2.05) is 0 Å². The van der Waals surface area contributed by atoms with Crippen LogP contribution in [0, 0.1) is 23.3 Å². The monoisotopic (exact) mass is 530 g/mol. The molecule has 3 nitrogen and oxygen atoms in total. The fourth-order valence-corrected chi connectivity index (χ4v) is 2.71. The lowest BCUT2D eigenvalue weighted by Crippen LogP contribution is -2.40. The van der Waals surface area contributed by atoms with E-state index in [1.165, 1.54) is 0 Å². The Kier molecular flexibility index (Phi) is 8.77. The van der Waals surface area contributed by atoms with E-state index in [1.54, 1.807) is 0 Å². The third-order valence-electron chi connectivity index (χ3n) is 4.54. The fourth-order valence-electron chi connectivity index (χ4n) is 2.53. The molecule has 2 rings (SSSR count). The quantitative estimate of drug-likeness (QED) is 0.352. The summed E-state index contributed by atoms with van der Waals surface area (Å²) in [6.07, 6.45) is -10.2. The molecule has 0 fully saturated rings. The normalized spacial score (nSPS) is 15.5. The predicted octanol–water partition coefficient (Wildman–Crippen LogP) is 6.73. The molecule has 0 spiro atoms. The molecule has 0 aromatic heterocycles. The van der Waals surface area contributed by atoms with Gasteiger partial charge >= 0.3 is 12.4 Å². The Balaban J connectivity index is 0.000000340. The Morgan fingerprint density at radius 3 is 1.18 bits per heavy atom. The molecule has 192 valence electrons. The van der Waals surface area contributed by atoms with Gasteiger partial charge in [0, 0.05) is 24.3 Å². The van der Waals surface area contributed by atoms with Gasteiger partial charge in [-0.3, -0.25) is 0 Å². The standard InChI is InChI=1S/C10H8ClF5O.C10H9F5O2/c1-9(11,10(14,15)16)8-6(12)3-5(17-2)4-7(8)13;1-9(16,10(13,14)15)8-6(11)3-5(17-2)4-7(8)12/h3-4H,1-2H3;3-4,16H,1-2H3. The summed E-state index contributed by atoms with van der Waals surface area (Å²) in [7, 11) is 2.24. The highest BCUT2D eigenvalue weighted by Crippen LogP contribution is 2.46. The van der Waals surface area contributed by atoms with Crippen LogP contribution in [0.15, 0.2) is 24.3 Å². The minimum atomic E-state index is -5.19. The van der Waals surface area contributed by atoms with E-state index in [0.29, 0.717) is 31.2 Å². The number of methoxy groups -OCH3 is 2. The van der Waals surface area contributed by atoms with Gasteiger partial charge in [-0.1, -0.05) is 0 Å². The molecule has 0 amide bonds. The second-order valence-corrected chi connectivity index (χ2v) is 7.76. The van der Waals surface area contributed by atoms with Crippen molar-refractivity contribution >= 4 is 11.6 Å². The zero-order valence-electron chi connectivity index (χ0n) is 17.7. The van der Waals surface area contributed by atoms with Crippen LogP contribution in [-0.4, -0.2) is 31.7 Å². The molecule has 0 saturated heterocycles. The summed E-state index contributed by atoms with van der Waals surface area (Å²) in [5, 5.41) is 9.20. The Hall–Kier alpha value is -2.41. The Bertz CT molecular complexity index is 889. The van der Waals surface area contributed by atoms with Crippen LogP contribution in [0.5, 0.6) is 11.5 Å². The number of rotatable bonds is 4. The van der Waals surface area contributed by atoms with Crippen molar-refractivity contribution in [1.82, 2.24) is 0 Å². The van der Waals surface area contributed by atoms with Gasteiger partial charge in [0.2, 0.25) is 0 Å². The lowest BCUT2D eigenvalue weighted by Gasteiger charge is -2.27. The molecule has 0 saturated carbocycles. The molecule has 2 aromatic carbocycles. The number of aliphatic hydroxyl groups is 1. The van der Waals surface area contributed by atoms with Gasteiger partial charge in [-0.2, -0.15) is 26.3 Å². The molecule has 2 unspecified atom stereocenters. The number of alkyl halides is 7. The van der Waals surface area contributed by atoms with Crippen molar-refractivity contribution < 1.29 is 58.5 Å². The van der Waals surface area contributed by atoms with E-state index in [2.05, 4.69) is 9.47 Å². The summed E-state index contributed by atoms with van der Waals surface area (Å²) in [5.74, 6) is -6.36. The highest BCUT2D eigenvalue weighted by atomic mass is 35.5. The van der Waals surface area contributed by atoms with E-state index >= 15 is 0 Å². The van der Waals surface area contributed by atoms with Crippen LogP contribution in [0.2, 0.25) is 0 Å². The van der Waals surface area contributed by atoms with Crippen LogP contribution < -0.4 is 9.47 Å². The van der Waals surface area contributed by atoms with Crippen molar-refractivity contribution in [2.75, 3.05) is 14.2 Å². The van der Waals surface area contributed by atoms with Crippen molar-refractivity contribution in [2.45, 2.75) is 36.7 Å². The summed E-state index contributed by atoms with van der Waals surface area (Å²) in [6.45, 7) is 0.767. The second kappa shape index (κ2) is 10.1. The first-order valence-corrected chi connectivity index (χ1v) is 9.21. The van der Waals surface area contributed by atoms with Gasteiger partial charge in [0.15, 0.2) is 10.5 Å². The highest BCUT2D eigenvalue weighted by molar-refractivity contribution is 6.24. The molecule has 0 heterocycles. The van der Waals surface area contributed by atoms with Gasteiger partial charge in [-0.05, 0) is 13.8 Å². The van der Waals surface area contributed by atoms with Gasteiger partial charge in [-0.15, -0.1) is 11.6 Å². The zero-order valence-corrected chi connectivity index (χ0v) is 18.5. The number of ether oxygens (including phenoxy) is 2. The molecule has 1 N–H and O–H groups in total. The van der Waals surface area contributed by atoms with Gasteiger partial charge in [0.1, 0.15) is 34.8 Å². The van der Waals surface area contributed by atoms with Gasteiger partial charge in [-0.25, -0.2) is 17.6 Å². The van der Waals surface area contributed by atoms with Crippen LogP contribution in [0.3, 0.4) is 0 Å². The van der Waals surface area contributed by atoms with Crippen LogP contribution in [0.4, 0.5) is 43.9 Å². The Morgan fingerprint density at radius 1 is 0.647 bits per heavy atom. The lowest BCUT2D eigenvalue weighted by molar-refractivity contribution is -0.260. The largest absolute Gasteiger partial charge is 0.497 e. The summed E-state index contributed by atoms with van der Waals surface area (Å²) < 4.78 is 138. The maximum absolute atomic E-state index is 13.4. The number of hydrogen-bond donors (Lipinski definition) is 1. The Labute approximate surface area is 191 Å². The molecule has 34 heavy (non-hydrogen) atoms. The zero-order chi connectivity index (χ0) is 26.9. The Morgan fingerprint density at radius 2 is 0.941 bits per heavy atom. The van der Waals surface area contributed by atoms with Gasteiger partial charge < -0.3 is 14.6 Å². The third-order valence-corrected chi connectivity index (χ3v) is 4.95. The molecule has 0 bridgehead atoms. The van der Waals surface area contributed by atoms with Crippen molar-refractivity contribution in [1.29, 1.82) is 0 Å². The molecule has 0 aliphatic carbocycles. The molecule has 0 radical (unpaired) electrons.